The molecule has 1 unspecified atom stereocenters. The van der Waals surface area contributed by atoms with E-state index in [4.69, 9.17) is 22.8 Å². The van der Waals surface area contributed by atoms with Crippen molar-refractivity contribution < 1.29 is 4.74 Å². The van der Waals surface area contributed by atoms with Crippen LogP contribution in [-0.4, -0.2) is 6.61 Å². The van der Waals surface area contributed by atoms with Crippen molar-refractivity contribution in [2.75, 3.05) is 6.61 Å². The van der Waals surface area contributed by atoms with Crippen molar-refractivity contribution in [1.29, 1.82) is 0 Å². The van der Waals surface area contributed by atoms with Crippen LogP contribution in [0.2, 0.25) is 5.02 Å². The van der Waals surface area contributed by atoms with Gasteiger partial charge in [-0.25, -0.2) is 0 Å². The van der Waals surface area contributed by atoms with Gasteiger partial charge in [0.1, 0.15) is 5.75 Å². The lowest BCUT2D eigenvalue weighted by Gasteiger charge is -2.13. The summed E-state index contributed by atoms with van der Waals surface area (Å²) >= 11 is 6.11. The molecule has 0 aromatic heterocycles. The fourth-order valence-electron chi connectivity index (χ4n) is 1.53. The Labute approximate surface area is 103 Å². The average molecular weight is 237 g/mol. The molecule has 0 aliphatic rings. The maximum atomic E-state index is 6.11. The Balaban J connectivity index is 3.05. The number of terminal acetylenes is 1. The average Bonchev–Trinajstić information content (AvgIpc) is 2.25. The molecule has 16 heavy (non-hydrogen) atoms. The zero-order valence-electron chi connectivity index (χ0n) is 10.0. The molecule has 0 amide bonds. The first-order chi connectivity index (χ1) is 7.58. The highest BCUT2D eigenvalue weighted by Gasteiger charge is 2.09. The Kier molecular flexibility index (Phi) is 4.71. The van der Waals surface area contributed by atoms with Gasteiger partial charge < -0.3 is 4.74 Å². The summed E-state index contributed by atoms with van der Waals surface area (Å²) in [6.45, 7) is 6.61. The van der Waals surface area contributed by atoms with E-state index in [-0.39, 0.29) is 5.92 Å². The summed E-state index contributed by atoms with van der Waals surface area (Å²) in [5.74, 6) is 3.81. The molecule has 0 fully saturated rings. The molecule has 0 aliphatic heterocycles. The maximum Gasteiger partial charge on any atom is 0.122 e. The second-order valence-electron chi connectivity index (χ2n) is 3.91. The monoisotopic (exact) mass is 236 g/mol. The summed E-state index contributed by atoms with van der Waals surface area (Å²) in [6.07, 6.45) is 6.19. The lowest BCUT2D eigenvalue weighted by Crippen LogP contribution is -2.02. The molecule has 86 valence electrons. The van der Waals surface area contributed by atoms with Gasteiger partial charge in [-0.2, -0.15) is 0 Å². The molecule has 1 aromatic rings. The van der Waals surface area contributed by atoms with Crippen LogP contribution in [0.1, 0.15) is 25.0 Å². The molecular weight excluding hydrogens is 220 g/mol. The Morgan fingerprint density at radius 3 is 2.75 bits per heavy atom. The predicted molar refractivity (Wildman–Crippen MR) is 69.1 cm³/mol. The largest absolute Gasteiger partial charge is 0.494 e. The van der Waals surface area contributed by atoms with Crippen LogP contribution in [-0.2, 0) is 6.42 Å². The molecule has 0 saturated carbocycles. The lowest BCUT2D eigenvalue weighted by molar-refractivity contribution is 0.335. The van der Waals surface area contributed by atoms with Crippen LogP contribution in [0.25, 0.3) is 0 Å². The highest BCUT2D eigenvalue weighted by atomic mass is 35.5. The summed E-state index contributed by atoms with van der Waals surface area (Å²) in [6, 6.07) is 3.93. The molecule has 1 atom stereocenters. The molecule has 0 spiro atoms. The first kappa shape index (κ1) is 12.9. The summed E-state index contributed by atoms with van der Waals surface area (Å²) in [5, 5.41) is 0.766. The van der Waals surface area contributed by atoms with Gasteiger partial charge >= 0.3 is 0 Å². The van der Waals surface area contributed by atoms with Gasteiger partial charge in [0.25, 0.3) is 0 Å². The number of rotatable bonds is 4. The Morgan fingerprint density at radius 2 is 2.19 bits per heavy atom. The van der Waals surface area contributed by atoms with Crippen molar-refractivity contribution in [3.05, 3.63) is 28.3 Å². The van der Waals surface area contributed by atoms with Crippen LogP contribution in [0.15, 0.2) is 12.1 Å². The number of halogens is 1. The minimum absolute atomic E-state index is 0.193. The van der Waals surface area contributed by atoms with Gasteiger partial charge in [0.05, 0.1) is 6.61 Å². The molecule has 0 aliphatic carbocycles. The first-order valence-corrected chi connectivity index (χ1v) is 5.84. The molecule has 2 heteroatoms. The van der Waals surface area contributed by atoms with E-state index in [1.54, 1.807) is 0 Å². The van der Waals surface area contributed by atoms with Gasteiger partial charge in [0.2, 0.25) is 0 Å². The molecule has 0 radical (unpaired) electrons. The second-order valence-corrected chi connectivity index (χ2v) is 4.32. The summed E-state index contributed by atoms with van der Waals surface area (Å²) in [5.41, 5.74) is 2.12. The smallest absolute Gasteiger partial charge is 0.122 e. The van der Waals surface area contributed by atoms with Gasteiger partial charge in [0.15, 0.2) is 0 Å². The van der Waals surface area contributed by atoms with E-state index < -0.39 is 0 Å². The molecule has 0 bridgehead atoms. The zero-order chi connectivity index (χ0) is 12.1. The third kappa shape index (κ3) is 3.18. The van der Waals surface area contributed by atoms with Gasteiger partial charge in [-0.05, 0) is 43.5 Å². The summed E-state index contributed by atoms with van der Waals surface area (Å²) < 4.78 is 5.59. The van der Waals surface area contributed by atoms with Crippen LogP contribution >= 0.6 is 11.6 Å². The predicted octanol–water partition coefficient (Wildman–Crippen LogP) is 3.86. The van der Waals surface area contributed by atoms with Gasteiger partial charge in [-0.1, -0.05) is 18.5 Å². The molecule has 1 nitrogen and oxygen atoms in total. The van der Waals surface area contributed by atoms with E-state index in [2.05, 4.69) is 5.92 Å². The second kappa shape index (κ2) is 5.82. The van der Waals surface area contributed by atoms with Crippen molar-refractivity contribution in [3.8, 4) is 18.1 Å². The molecular formula is C14H17ClO. The van der Waals surface area contributed by atoms with E-state index in [1.165, 1.54) is 0 Å². The molecule has 0 N–H and O–H groups in total. The standard InChI is InChI=1S/C14H17ClO/c1-5-10(3)7-12-9-13(15)11(4)8-14(12)16-6-2/h1,8-10H,6-7H2,2-4H3. The van der Waals surface area contributed by atoms with Crippen LogP contribution < -0.4 is 4.74 Å². The molecule has 0 saturated heterocycles. The van der Waals surface area contributed by atoms with Crippen molar-refractivity contribution in [1.82, 2.24) is 0 Å². The van der Waals surface area contributed by atoms with E-state index in [0.717, 1.165) is 28.3 Å². The quantitative estimate of drug-likeness (QED) is 0.722. The maximum absolute atomic E-state index is 6.11. The van der Waals surface area contributed by atoms with Crippen molar-refractivity contribution in [2.24, 2.45) is 5.92 Å². The SMILES string of the molecule is C#CC(C)Cc1cc(Cl)c(C)cc1OCC. The Hall–Kier alpha value is -1.13. The van der Waals surface area contributed by atoms with E-state index in [1.807, 2.05) is 32.9 Å². The van der Waals surface area contributed by atoms with Crippen molar-refractivity contribution in [3.63, 3.8) is 0 Å². The van der Waals surface area contributed by atoms with Gasteiger partial charge in [0, 0.05) is 10.9 Å². The normalized spacial score (nSPS) is 11.9. The van der Waals surface area contributed by atoms with Crippen LogP contribution in [0, 0.1) is 25.2 Å². The topological polar surface area (TPSA) is 9.23 Å². The summed E-state index contributed by atoms with van der Waals surface area (Å²) in [7, 11) is 0. The number of benzene rings is 1. The number of hydrogen-bond acceptors (Lipinski definition) is 1. The Bertz CT molecular complexity index is 404. The molecule has 1 rings (SSSR count). The highest BCUT2D eigenvalue weighted by molar-refractivity contribution is 6.31. The third-order valence-corrected chi connectivity index (χ3v) is 2.86. The minimum Gasteiger partial charge on any atom is -0.494 e. The number of aryl methyl sites for hydroxylation is 1. The van der Waals surface area contributed by atoms with Crippen molar-refractivity contribution >= 4 is 11.6 Å². The third-order valence-electron chi connectivity index (χ3n) is 2.45. The first-order valence-electron chi connectivity index (χ1n) is 5.46. The molecule has 1 aromatic carbocycles. The fourth-order valence-corrected chi connectivity index (χ4v) is 1.72. The highest BCUT2D eigenvalue weighted by Crippen LogP contribution is 2.28. The molecule has 0 heterocycles. The zero-order valence-corrected chi connectivity index (χ0v) is 10.8. The van der Waals surface area contributed by atoms with Crippen LogP contribution in [0.4, 0.5) is 0 Å². The van der Waals surface area contributed by atoms with E-state index in [0.29, 0.717) is 6.61 Å². The Morgan fingerprint density at radius 1 is 1.50 bits per heavy atom. The number of hydrogen-bond donors (Lipinski definition) is 0. The van der Waals surface area contributed by atoms with Gasteiger partial charge in [-0.3, -0.25) is 0 Å². The fraction of sp³-hybridized carbons (Fsp3) is 0.429. The van der Waals surface area contributed by atoms with E-state index in [9.17, 15) is 0 Å². The lowest BCUT2D eigenvalue weighted by atomic mass is 10.00. The van der Waals surface area contributed by atoms with Crippen LogP contribution in [0.3, 0.4) is 0 Å². The summed E-state index contributed by atoms with van der Waals surface area (Å²) in [4.78, 5) is 0. The minimum atomic E-state index is 0.193. The van der Waals surface area contributed by atoms with E-state index >= 15 is 0 Å². The number of ether oxygens (including phenoxy) is 1. The van der Waals surface area contributed by atoms with Crippen molar-refractivity contribution in [2.45, 2.75) is 27.2 Å². The van der Waals surface area contributed by atoms with Crippen LogP contribution in [0.5, 0.6) is 5.75 Å². The van der Waals surface area contributed by atoms with Gasteiger partial charge in [-0.15, -0.1) is 12.3 Å².